The second-order valence-electron chi connectivity index (χ2n) is 4.77. The Hall–Kier alpha value is -1.60. The predicted molar refractivity (Wildman–Crippen MR) is 91.3 cm³/mol. The zero-order valence-corrected chi connectivity index (χ0v) is 14.4. The largest absolute Gasteiger partial charge is 0.325 e. The lowest BCUT2D eigenvalue weighted by atomic mass is 10.3. The van der Waals surface area contributed by atoms with E-state index in [2.05, 4.69) is 10.0 Å². The molecular formula is C15H14Cl2N2O3S. The molecule has 2 aromatic carbocycles. The fourth-order valence-electron chi connectivity index (χ4n) is 1.80. The first-order chi connectivity index (χ1) is 10.8. The van der Waals surface area contributed by atoms with Gasteiger partial charge in [0.05, 0.1) is 11.1 Å². The van der Waals surface area contributed by atoms with Gasteiger partial charge < -0.3 is 5.32 Å². The fourth-order valence-corrected chi connectivity index (χ4v) is 3.77. The molecule has 5 nitrogen and oxygen atoms in total. The molecule has 0 fully saturated rings. The van der Waals surface area contributed by atoms with Gasteiger partial charge in [-0.2, -0.15) is 4.72 Å². The lowest BCUT2D eigenvalue weighted by Gasteiger charge is -2.15. The summed E-state index contributed by atoms with van der Waals surface area (Å²) in [6.45, 7) is 1.44. The molecule has 0 saturated carbocycles. The minimum atomic E-state index is -3.98. The van der Waals surface area contributed by atoms with Crippen molar-refractivity contribution in [1.82, 2.24) is 4.72 Å². The average Bonchev–Trinajstić information content (AvgIpc) is 2.50. The summed E-state index contributed by atoms with van der Waals surface area (Å²) < 4.78 is 27.0. The first-order valence-corrected chi connectivity index (χ1v) is 8.87. The molecule has 0 aromatic heterocycles. The normalized spacial score (nSPS) is 12.7. The highest BCUT2D eigenvalue weighted by Gasteiger charge is 2.24. The standard InChI is InChI=1S/C15H14Cl2N2O3S/c1-10(15(20)18-12-5-3-2-4-6-12)19-23(21,22)14-9-11(16)7-8-13(14)17/h2-10,19H,1H3,(H,18,20). The van der Waals surface area contributed by atoms with Crippen LogP contribution in [0.4, 0.5) is 5.69 Å². The first-order valence-electron chi connectivity index (χ1n) is 6.63. The van der Waals surface area contributed by atoms with E-state index in [0.717, 1.165) is 0 Å². The van der Waals surface area contributed by atoms with Gasteiger partial charge >= 0.3 is 0 Å². The molecule has 1 atom stereocenters. The van der Waals surface area contributed by atoms with Crippen LogP contribution in [0.1, 0.15) is 6.92 Å². The van der Waals surface area contributed by atoms with Crippen LogP contribution >= 0.6 is 23.2 Å². The highest BCUT2D eigenvalue weighted by molar-refractivity contribution is 7.89. The fraction of sp³-hybridized carbons (Fsp3) is 0.133. The van der Waals surface area contributed by atoms with Crippen LogP contribution in [-0.2, 0) is 14.8 Å². The number of hydrogen-bond donors (Lipinski definition) is 2. The molecule has 0 aliphatic heterocycles. The van der Waals surface area contributed by atoms with Crippen molar-refractivity contribution >= 4 is 44.8 Å². The number of nitrogens with one attached hydrogen (secondary N) is 2. The van der Waals surface area contributed by atoms with Crippen LogP contribution in [0.3, 0.4) is 0 Å². The molecule has 1 amide bonds. The number of anilines is 1. The Labute approximate surface area is 144 Å². The van der Waals surface area contributed by atoms with Gasteiger partial charge in [-0.1, -0.05) is 41.4 Å². The molecule has 122 valence electrons. The third kappa shape index (κ3) is 4.68. The minimum absolute atomic E-state index is 0.0255. The van der Waals surface area contributed by atoms with E-state index in [1.807, 2.05) is 6.07 Å². The number of hydrogen-bond acceptors (Lipinski definition) is 3. The lowest BCUT2D eigenvalue weighted by molar-refractivity contribution is -0.117. The second kappa shape index (κ2) is 7.31. The van der Waals surface area contributed by atoms with Gasteiger partial charge in [-0.05, 0) is 37.3 Å². The van der Waals surface area contributed by atoms with Crippen molar-refractivity contribution in [2.45, 2.75) is 17.9 Å². The van der Waals surface area contributed by atoms with Crippen LogP contribution in [0.2, 0.25) is 10.0 Å². The molecule has 0 heterocycles. The van der Waals surface area contributed by atoms with Gasteiger partial charge in [-0.25, -0.2) is 8.42 Å². The van der Waals surface area contributed by atoms with E-state index >= 15 is 0 Å². The van der Waals surface area contributed by atoms with Crippen LogP contribution in [0.15, 0.2) is 53.4 Å². The highest BCUT2D eigenvalue weighted by atomic mass is 35.5. The Morgan fingerprint density at radius 3 is 2.39 bits per heavy atom. The van der Waals surface area contributed by atoms with Crippen molar-refractivity contribution < 1.29 is 13.2 Å². The van der Waals surface area contributed by atoms with Gasteiger partial charge in [-0.15, -0.1) is 0 Å². The number of para-hydroxylation sites is 1. The first kappa shape index (κ1) is 17.7. The second-order valence-corrected chi connectivity index (χ2v) is 7.30. The molecular weight excluding hydrogens is 359 g/mol. The third-order valence-electron chi connectivity index (χ3n) is 2.95. The van der Waals surface area contributed by atoms with Gasteiger partial charge in [0.15, 0.2) is 0 Å². The molecule has 1 unspecified atom stereocenters. The summed E-state index contributed by atoms with van der Waals surface area (Å²) in [6, 6.07) is 11.8. The van der Waals surface area contributed by atoms with Gasteiger partial charge in [0, 0.05) is 10.7 Å². The molecule has 23 heavy (non-hydrogen) atoms. The minimum Gasteiger partial charge on any atom is -0.325 e. The maximum Gasteiger partial charge on any atom is 0.242 e. The summed E-state index contributed by atoms with van der Waals surface area (Å²) in [7, 11) is -3.98. The van der Waals surface area contributed by atoms with Crippen LogP contribution < -0.4 is 10.0 Å². The Kier molecular flexibility index (Phi) is 5.64. The molecule has 2 N–H and O–H groups in total. The van der Waals surface area contributed by atoms with Crippen molar-refractivity contribution in [2.24, 2.45) is 0 Å². The number of carbonyl (C=O) groups is 1. The average molecular weight is 373 g/mol. The van der Waals surface area contributed by atoms with E-state index in [1.54, 1.807) is 24.3 Å². The van der Waals surface area contributed by atoms with Crippen molar-refractivity contribution in [2.75, 3.05) is 5.32 Å². The molecule has 0 aliphatic rings. The SMILES string of the molecule is CC(NS(=O)(=O)c1cc(Cl)ccc1Cl)C(=O)Nc1ccccc1. The summed E-state index contributed by atoms with van der Waals surface area (Å²) >= 11 is 11.7. The quantitative estimate of drug-likeness (QED) is 0.845. The van der Waals surface area contributed by atoms with Crippen molar-refractivity contribution in [3.8, 4) is 0 Å². The Morgan fingerprint density at radius 2 is 1.74 bits per heavy atom. The van der Waals surface area contributed by atoms with Crippen LogP contribution in [0.25, 0.3) is 0 Å². The van der Waals surface area contributed by atoms with E-state index in [1.165, 1.54) is 25.1 Å². The highest BCUT2D eigenvalue weighted by Crippen LogP contribution is 2.25. The molecule has 2 rings (SSSR count). The van der Waals surface area contributed by atoms with E-state index < -0.39 is 22.0 Å². The summed E-state index contributed by atoms with van der Waals surface area (Å²) in [5, 5.41) is 2.87. The van der Waals surface area contributed by atoms with Crippen molar-refractivity contribution in [3.63, 3.8) is 0 Å². The van der Waals surface area contributed by atoms with Crippen molar-refractivity contribution in [3.05, 3.63) is 58.6 Å². The number of sulfonamides is 1. The summed E-state index contributed by atoms with van der Waals surface area (Å²) in [5.74, 6) is -0.488. The van der Waals surface area contributed by atoms with Gasteiger partial charge in [0.25, 0.3) is 0 Å². The number of halogens is 2. The Bertz CT molecular complexity index is 811. The predicted octanol–water partition coefficient (Wildman–Crippen LogP) is 3.30. The molecule has 0 aliphatic carbocycles. The van der Waals surface area contributed by atoms with E-state index in [4.69, 9.17) is 23.2 Å². The zero-order chi connectivity index (χ0) is 17.0. The lowest BCUT2D eigenvalue weighted by Crippen LogP contribution is -2.41. The maximum absolute atomic E-state index is 12.3. The van der Waals surface area contributed by atoms with E-state index in [-0.39, 0.29) is 14.9 Å². The van der Waals surface area contributed by atoms with E-state index in [9.17, 15) is 13.2 Å². The molecule has 0 spiro atoms. The summed E-state index contributed by atoms with van der Waals surface area (Å²) in [4.78, 5) is 11.9. The number of carbonyl (C=O) groups excluding carboxylic acids is 1. The van der Waals surface area contributed by atoms with Gasteiger partial charge in [0.1, 0.15) is 4.90 Å². The number of benzene rings is 2. The van der Waals surface area contributed by atoms with Crippen LogP contribution in [-0.4, -0.2) is 20.4 Å². The summed E-state index contributed by atoms with van der Waals surface area (Å²) in [5.41, 5.74) is 0.573. The van der Waals surface area contributed by atoms with Crippen LogP contribution in [0, 0.1) is 0 Å². The molecule has 8 heteroatoms. The van der Waals surface area contributed by atoms with E-state index in [0.29, 0.717) is 5.69 Å². The third-order valence-corrected chi connectivity index (χ3v) is 5.21. The Morgan fingerprint density at radius 1 is 1.09 bits per heavy atom. The smallest absolute Gasteiger partial charge is 0.242 e. The molecule has 0 radical (unpaired) electrons. The molecule has 0 bridgehead atoms. The number of amides is 1. The topological polar surface area (TPSA) is 75.3 Å². The van der Waals surface area contributed by atoms with Crippen LogP contribution in [0.5, 0.6) is 0 Å². The monoisotopic (exact) mass is 372 g/mol. The zero-order valence-electron chi connectivity index (χ0n) is 12.1. The molecule has 0 saturated heterocycles. The maximum atomic E-state index is 12.3. The summed E-state index contributed by atoms with van der Waals surface area (Å²) in [6.07, 6.45) is 0. The van der Waals surface area contributed by atoms with Gasteiger partial charge in [0.2, 0.25) is 15.9 Å². The Balaban J connectivity index is 2.13. The van der Waals surface area contributed by atoms with Crippen molar-refractivity contribution in [1.29, 1.82) is 0 Å². The molecule has 2 aromatic rings. The van der Waals surface area contributed by atoms with Gasteiger partial charge in [-0.3, -0.25) is 4.79 Å². The number of rotatable bonds is 5.